The number of carbonyl (C=O) groups excluding carboxylic acids is 2. The molecule has 0 aromatic heterocycles. The van der Waals surface area contributed by atoms with Crippen molar-refractivity contribution in [3.8, 4) is 0 Å². The van der Waals surface area contributed by atoms with Crippen molar-refractivity contribution in [2.75, 3.05) is 62.2 Å². The van der Waals surface area contributed by atoms with Crippen LogP contribution in [0.4, 0.5) is 11.4 Å². The number of hydrogen-bond acceptors (Lipinski definition) is 4. The SMILES string of the molecule is C=C1[C@H](C(=O)N2CCN(c3ccccc3)CC2)[C@@H]1C(=O)N1CCN(c2ccccc2)CC1. The van der Waals surface area contributed by atoms with Crippen molar-refractivity contribution < 1.29 is 9.59 Å². The van der Waals surface area contributed by atoms with Crippen LogP contribution < -0.4 is 9.80 Å². The number of anilines is 2. The Morgan fingerprint density at radius 2 is 0.938 bits per heavy atom. The lowest BCUT2D eigenvalue weighted by Gasteiger charge is -2.37. The molecule has 2 aromatic rings. The van der Waals surface area contributed by atoms with Gasteiger partial charge in [0.15, 0.2) is 0 Å². The molecule has 0 spiro atoms. The van der Waals surface area contributed by atoms with E-state index in [1.165, 1.54) is 11.4 Å². The Hall–Kier alpha value is -3.28. The Morgan fingerprint density at radius 3 is 1.28 bits per heavy atom. The maximum atomic E-state index is 13.1. The van der Waals surface area contributed by atoms with E-state index in [1.54, 1.807) is 0 Å². The second-order valence-corrected chi connectivity index (χ2v) is 8.83. The van der Waals surface area contributed by atoms with E-state index in [4.69, 9.17) is 0 Å². The minimum Gasteiger partial charge on any atom is -0.368 e. The molecule has 166 valence electrons. The van der Waals surface area contributed by atoms with Crippen LogP contribution in [-0.4, -0.2) is 74.0 Å². The fraction of sp³-hybridized carbons (Fsp3) is 0.385. The lowest BCUT2D eigenvalue weighted by atomic mass is 10.2. The molecule has 2 atom stereocenters. The molecule has 3 aliphatic rings. The fourth-order valence-corrected chi connectivity index (χ4v) is 4.96. The molecule has 1 aliphatic carbocycles. The van der Waals surface area contributed by atoms with Crippen molar-refractivity contribution in [3.05, 3.63) is 72.8 Å². The molecule has 6 heteroatoms. The highest BCUT2D eigenvalue weighted by Crippen LogP contribution is 2.47. The van der Waals surface area contributed by atoms with Gasteiger partial charge in [-0.1, -0.05) is 48.6 Å². The third kappa shape index (κ3) is 3.97. The zero-order valence-corrected chi connectivity index (χ0v) is 18.4. The Bertz CT molecular complexity index is 898. The van der Waals surface area contributed by atoms with Gasteiger partial charge in [-0.2, -0.15) is 0 Å². The van der Waals surface area contributed by atoms with Gasteiger partial charge >= 0.3 is 0 Å². The molecule has 1 saturated carbocycles. The fourth-order valence-electron chi connectivity index (χ4n) is 4.96. The number of amides is 2. The van der Waals surface area contributed by atoms with Crippen LogP contribution in [0, 0.1) is 11.8 Å². The molecule has 2 amide bonds. The zero-order valence-electron chi connectivity index (χ0n) is 18.4. The van der Waals surface area contributed by atoms with E-state index in [1.807, 2.05) is 46.2 Å². The van der Waals surface area contributed by atoms with Crippen molar-refractivity contribution in [1.29, 1.82) is 0 Å². The highest BCUT2D eigenvalue weighted by molar-refractivity contribution is 5.99. The van der Waals surface area contributed by atoms with E-state index >= 15 is 0 Å². The molecule has 2 aliphatic heterocycles. The van der Waals surface area contributed by atoms with Crippen LogP contribution in [-0.2, 0) is 9.59 Å². The molecule has 0 unspecified atom stereocenters. The van der Waals surface area contributed by atoms with E-state index in [0.717, 1.165) is 31.8 Å². The first kappa shape index (κ1) is 20.6. The van der Waals surface area contributed by atoms with Gasteiger partial charge in [0.2, 0.25) is 11.8 Å². The normalized spacial score (nSPS) is 23.3. The first-order valence-electron chi connectivity index (χ1n) is 11.5. The first-order chi connectivity index (χ1) is 15.6. The average Bonchev–Trinajstić information content (AvgIpc) is 3.55. The van der Waals surface area contributed by atoms with Crippen molar-refractivity contribution >= 4 is 23.2 Å². The summed E-state index contributed by atoms with van der Waals surface area (Å²) in [4.78, 5) is 34.7. The smallest absolute Gasteiger partial charge is 0.231 e. The summed E-state index contributed by atoms with van der Waals surface area (Å²) in [7, 11) is 0. The highest BCUT2D eigenvalue weighted by atomic mass is 16.2. The third-order valence-corrected chi connectivity index (χ3v) is 6.98. The predicted molar refractivity (Wildman–Crippen MR) is 127 cm³/mol. The zero-order chi connectivity index (χ0) is 22.1. The van der Waals surface area contributed by atoms with Crippen LogP contribution in [0.15, 0.2) is 72.8 Å². The van der Waals surface area contributed by atoms with Crippen LogP contribution in [0.5, 0.6) is 0 Å². The van der Waals surface area contributed by atoms with E-state index in [-0.39, 0.29) is 23.7 Å². The maximum absolute atomic E-state index is 13.1. The molecule has 0 bridgehead atoms. The van der Waals surface area contributed by atoms with E-state index in [9.17, 15) is 9.59 Å². The summed E-state index contributed by atoms with van der Waals surface area (Å²) < 4.78 is 0. The van der Waals surface area contributed by atoms with Crippen molar-refractivity contribution in [3.63, 3.8) is 0 Å². The van der Waals surface area contributed by atoms with Gasteiger partial charge in [0.1, 0.15) is 0 Å². The summed E-state index contributed by atoms with van der Waals surface area (Å²) in [6.45, 7) is 10.1. The van der Waals surface area contributed by atoms with Gasteiger partial charge in [-0.05, 0) is 24.3 Å². The topological polar surface area (TPSA) is 47.1 Å². The lowest BCUT2D eigenvalue weighted by Crippen LogP contribution is -2.50. The number of nitrogens with zero attached hydrogens (tertiary/aromatic N) is 4. The summed E-state index contributed by atoms with van der Waals surface area (Å²) >= 11 is 0. The van der Waals surface area contributed by atoms with Gasteiger partial charge in [0.25, 0.3) is 0 Å². The number of benzene rings is 2. The minimum absolute atomic E-state index is 0.0731. The second kappa shape index (κ2) is 8.69. The van der Waals surface area contributed by atoms with E-state index in [0.29, 0.717) is 26.2 Å². The highest BCUT2D eigenvalue weighted by Gasteiger charge is 2.55. The van der Waals surface area contributed by atoms with Crippen molar-refractivity contribution in [2.24, 2.45) is 11.8 Å². The molecular weight excluding hydrogens is 400 g/mol. The summed E-state index contributed by atoms with van der Waals surface area (Å²) in [5.74, 6) is -0.524. The van der Waals surface area contributed by atoms with E-state index < -0.39 is 0 Å². The van der Waals surface area contributed by atoms with Gasteiger partial charge in [-0.3, -0.25) is 9.59 Å². The summed E-state index contributed by atoms with van der Waals surface area (Å²) in [5.41, 5.74) is 3.17. The first-order valence-corrected chi connectivity index (χ1v) is 11.5. The number of rotatable bonds is 4. The van der Waals surface area contributed by atoms with Crippen LogP contribution in [0.3, 0.4) is 0 Å². The maximum Gasteiger partial charge on any atom is 0.231 e. The molecule has 2 aromatic carbocycles. The quantitative estimate of drug-likeness (QED) is 0.700. The third-order valence-electron chi connectivity index (χ3n) is 6.98. The van der Waals surface area contributed by atoms with Crippen molar-refractivity contribution in [2.45, 2.75) is 0 Å². The Morgan fingerprint density at radius 1 is 0.594 bits per heavy atom. The largest absolute Gasteiger partial charge is 0.368 e. The van der Waals surface area contributed by atoms with Crippen LogP contribution in [0.2, 0.25) is 0 Å². The Labute approximate surface area is 189 Å². The van der Waals surface area contributed by atoms with E-state index in [2.05, 4.69) is 40.6 Å². The molecule has 32 heavy (non-hydrogen) atoms. The van der Waals surface area contributed by atoms with Crippen LogP contribution in [0.1, 0.15) is 0 Å². The van der Waals surface area contributed by atoms with Crippen LogP contribution >= 0.6 is 0 Å². The summed E-state index contributed by atoms with van der Waals surface area (Å²) in [6, 6.07) is 20.6. The number of piperazine rings is 2. The number of hydrogen-bond donors (Lipinski definition) is 0. The second-order valence-electron chi connectivity index (χ2n) is 8.83. The van der Waals surface area contributed by atoms with Gasteiger partial charge < -0.3 is 19.6 Å². The molecule has 6 nitrogen and oxygen atoms in total. The lowest BCUT2D eigenvalue weighted by molar-refractivity contribution is -0.138. The average molecular weight is 431 g/mol. The minimum atomic E-state index is -0.335. The predicted octanol–water partition coefficient (Wildman–Crippen LogP) is 2.49. The van der Waals surface area contributed by atoms with Gasteiger partial charge in [0, 0.05) is 63.7 Å². The summed E-state index contributed by atoms with van der Waals surface area (Å²) in [5, 5.41) is 0. The van der Waals surface area contributed by atoms with Gasteiger partial charge in [-0.15, -0.1) is 0 Å². The molecule has 2 saturated heterocycles. The summed E-state index contributed by atoms with van der Waals surface area (Å²) in [6.07, 6.45) is 0. The van der Waals surface area contributed by atoms with Crippen molar-refractivity contribution in [1.82, 2.24) is 9.80 Å². The molecule has 5 rings (SSSR count). The molecule has 0 N–H and O–H groups in total. The molecule has 3 fully saturated rings. The molecular formula is C26H30N4O2. The molecule has 2 heterocycles. The standard InChI is InChI=1S/C26H30N4O2/c1-20-23(25(31)29-16-12-27(13-17-29)21-8-4-2-5-9-21)24(20)26(32)30-18-14-28(15-19-30)22-10-6-3-7-11-22/h2-11,23-24H,1,12-19H2/t23-,24+. The van der Waals surface area contributed by atoms with Gasteiger partial charge in [0.05, 0.1) is 11.8 Å². The van der Waals surface area contributed by atoms with Gasteiger partial charge in [-0.25, -0.2) is 0 Å². The number of para-hydroxylation sites is 2. The number of carbonyl (C=O) groups is 2. The monoisotopic (exact) mass is 430 g/mol. The van der Waals surface area contributed by atoms with Crippen LogP contribution in [0.25, 0.3) is 0 Å². The Balaban J connectivity index is 1.13. The molecule has 0 radical (unpaired) electrons. The Kier molecular flexibility index (Phi) is 5.60.